The van der Waals surface area contributed by atoms with Crippen LogP contribution < -0.4 is 4.74 Å². The van der Waals surface area contributed by atoms with Crippen LogP contribution in [0.1, 0.15) is 31.0 Å². The van der Waals surface area contributed by atoms with Crippen LogP contribution in [0.15, 0.2) is 47.1 Å². The molecule has 0 saturated carbocycles. The second-order valence-electron chi connectivity index (χ2n) is 4.48. The molecule has 18 heavy (non-hydrogen) atoms. The normalized spacial score (nSPS) is 10.7. The summed E-state index contributed by atoms with van der Waals surface area (Å²) in [7, 11) is 0. The summed E-state index contributed by atoms with van der Waals surface area (Å²) in [4.78, 5) is 4.27. The maximum Gasteiger partial charge on any atom is 0.130 e. The molecule has 1 aromatic carbocycles. The van der Waals surface area contributed by atoms with Crippen molar-refractivity contribution in [2.24, 2.45) is 0 Å². The molecule has 3 heteroatoms. The van der Waals surface area contributed by atoms with Crippen molar-refractivity contribution in [1.29, 1.82) is 0 Å². The lowest BCUT2D eigenvalue weighted by molar-refractivity contribution is 0.301. The Bertz CT molecular complexity index is 491. The van der Waals surface area contributed by atoms with Crippen LogP contribution >= 0.6 is 15.9 Å². The monoisotopic (exact) mass is 305 g/mol. The van der Waals surface area contributed by atoms with Gasteiger partial charge in [-0.15, -0.1) is 0 Å². The summed E-state index contributed by atoms with van der Waals surface area (Å²) in [6.07, 6.45) is 1.78. The summed E-state index contributed by atoms with van der Waals surface area (Å²) in [6, 6.07) is 12.1. The highest BCUT2D eigenvalue weighted by Crippen LogP contribution is 2.19. The highest BCUT2D eigenvalue weighted by atomic mass is 79.9. The van der Waals surface area contributed by atoms with Crippen molar-refractivity contribution in [2.75, 3.05) is 0 Å². The van der Waals surface area contributed by atoms with Gasteiger partial charge in [-0.3, -0.25) is 4.98 Å². The van der Waals surface area contributed by atoms with Gasteiger partial charge in [-0.05, 0) is 51.7 Å². The van der Waals surface area contributed by atoms with E-state index in [0.717, 1.165) is 15.9 Å². The Balaban J connectivity index is 1.95. The minimum atomic E-state index is 0.494. The molecule has 0 aliphatic rings. The van der Waals surface area contributed by atoms with Crippen LogP contribution in [0.4, 0.5) is 0 Å². The van der Waals surface area contributed by atoms with E-state index in [-0.39, 0.29) is 0 Å². The van der Waals surface area contributed by atoms with Crippen molar-refractivity contribution in [3.8, 4) is 5.75 Å². The summed E-state index contributed by atoms with van der Waals surface area (Å²) >= 11 is 3.36. The second kappa shape index (κ2) is 6.01. The van der Waals surface area contributed by atoms with E-state index in [1.807, 2.05) is 24.3 Å². The fourth-order valence-corrected chi connectivity index (χ4v) is 1.83. The third-order valence-corrected chi connectivity index (χ3v) is 3.19. The molecule has 0 aliphatic carbocycles. The Hall–Kier alpha value is -1.35. The maximum atomic E-state index is 5.69. The van der Waals surface area contributed by atoms with Crippen LogP contribution in [0.2, 0.25) is 0 Å². The average molecular weight is 306 g/mol. The Labute approximate surface area is 116 Å². The quantitative estimate of drug-likeness (QED) is 0.827. The predicted molar refractivity (Wildman–Crippen MR) is 76.8 cm³/mol. The lowest BCUT2D eigenvalue weighted by Crippen LogP contribution is -1.98. The van der Waals surface area contributed by atoms with E-state index < -0.39 is 0 Å². The first-order valence-electron chi connectivity index (χ1n) is 5.98. The van der Waals surface area contributed by atoms with Crippen molar-refractivity contribution in [1.82, 2.24) is 4.98 Å². The molecule has 0 saturated heterocycles. The summed E-state index contributed by atoms with van der Waals surface area (Å²) in [6.45, 7) is 4.86. The smallest absolute Gasteiger partial charge is 0.130 e. The van der Waals surface area contributed by atoms with Gasteiger partial charge in [-0.1, -0.05) is 26.0 Å². The van der Waals surface area contributed by atoms with Gasteiger partial charge in [0.25, 0.3) is 0 Å². The molecule has 2 rings (SSSR count). The van der Waals surface area contributed by atoms with Gasteiger partial charge in [0.1, 0.15) is 12.4 Å². The number of halogens is 1. The maximum absolute atomic E-state index is 5.69. The molecule has 0 N–H and O–H groups in total. The van der Waals surface area contributed by atoms with E-state index in [2.05, 4.69) is 46.9 Å². The van der Waals surface area contributed by atoms with Gasteiger partial charge in [0.15, 0.2) is 0 Å². The predicted octanol–water partition coefficient (Wildman–Crippen LogP) is 4.55. The number of benzene rings is 1. The first-order chi connectivity index (χ1) is 8.65. The summed E-state index contributed by atoms with van der Waals surface area (Å²) in [5.41, 5.74) is 2.25. The van der Waals surface area contributed by atoms with Gasteiger partial charge >= 0.3 is 0 Å². The summed E-state index contributed by atoms with van der Waals surface area (Å²) in [5, 5.41) is 0. The SMILES string of the molecule is CC(C)c1ccc(OCc2ccc(Br)cn2)cc1. The number of hydrogen-bond acceptors (Lipinski definition) is 2. The van der Waals surface area contributed by atoms with Crippen LogP contribution in [-0.4, -0.2) is 4.98 Å². The molecule has 0 unspecified atom stereocenters. The summed E-state index contributed by atoms with van der Waals surface area (Å²) < 4.78 is 6.67. The highest BCUT2D eigenvalue weighted by molar-refractivity contribution is 9.10. The van der Waals surface area contributed by atoms with Gasteiger partial charge < -0.3 is 4.74 Å². The fraction of sp³-hybridized carbons (Fsp3) is 0.267. The lowest BCUT2D eigenvalue weighted by Gasteiger charge is -2.08. The number of hydrogen-bond donors (Lipinski definition) is 0. The Morgan fingerprint density at radius 2 is 1.83 bits per heavy atom. The van der Waals surface area contributed by atoms with Crippen LogP contribution in [-0.2, 0) is 6.61 Å². The number of nitrogens with zero attached hydrogens (tertiary/aromatic N) is 1. The first kappa shape index (κ1) is 13.1. The topological polar surface area (TPSA) is 22.1 Å². The average Bonchev–Trinajstić information content (AvgIpc) is 2.38. The van der Waals surface area contributed by atoms with Crippen LogP contribution in [0.3, 0.4) is 0 Å². The largest absolute Gasteiger partial charge is 0.487 e. The van der Waals surface area contributed by atoms with Crippen molar-refractivity contribution in [3.05, 3.63) is 58.3 Å². The molecular weight excluding hydrogens is 290 g/mol. The molecule has 0 bridgehead atoms. The van der Waals surface area contributed by atoms with E-state index >= 15 is 0 Å². The van der Waals surface area contributed by atoms with Gasteiger partial charge in [0.05, 0.1) is 5.69 Å². The van der Waals surface area contributed by atoms with E-state index in [1.54, 1.807) is 6.20 Å². The summed E-state index contributed by atoms with van der Waals surface area (Å²) in [5.74, 6) is 1.43. The Morgan fingerprint density at radius 3 is 2.39 bits per heavy atom. The molecular formula is C15H16BrNO. The molecule has 94 valence electrons. The van der Waals surface area contributed by atoms with E-state index in [1.165, 1.54) is 5.56 Å². The number of aromatic nitrogens is 1. The first-order valence-corrected chi connectivity index (χ1v) is 6.77. The minimum Gasteiger partial charge on any atom is -0.487 e. The zero-order chi connectivity index (χ0) is 13.0. The second-order valence-corrected chi connectivity index (χ2v) is 5.40. The van der Waals surface area contributed by atoms with Gasteiger partial charge in [0.2, 0.25) is 0 Å². The van der Waals surface area contributed by atoms with Crippen molar-refractivity contribution >= 4 is 15.9 Å². The molecule has 0 amide bonds. The standard InChI is InChI=1S/C15H16BrNO/c1-11(2)12-3-7-15(8-4-12)18-10-14-6-5-13(16)9-17-14/h3-9,11H,10H2,1-2H3. The lowest BCUT2D eigenvalue weighted by atomic mass is 10.0. The van der Waals surface area contributed by atoms with E-state index in [4.69, 9.17) is 4.74 Å². The molecule has 0 radical (unpaired) electrons. The van der Waals surface area contributed by atoms with E-state index in [9.17, 15) is 0 Å². The molecule has 1 aromatic heterocycles. The van der Waals surface area contributed by atoms with Crippen LogP contribution in [0.25, 0.3) is 0 Å². The molecule has 0 fully saturated rings. The van der Waals surface area contributed by atoms with Gasteiger partial charge in [0, 0.05) is 10.7 Å². The molecule has 2 nitrogen and oxygen atoms in total. The zero-order valence-electron chi connectivity index (χ0n) is 10.6. The highest BCUT2D eigenvalue weighted by Gasteiger charge is 2.00. The molecule has 2 aromatic rings. The fourth-order valence-electron chi connectivity index (χ4n) is 1.60. The van der Waals surface area contributed by atoms with Crippen molar-refractivity contribution < 1.29 is 4.74 Å². The van der Waals surface area contributed by atoms with Crippen molar-refractivity contribution in [3.63, 3.8) is 0 Å². The molecule has 0 aliphatic heterocycles. The minimum absolute atomic E-state index is 0.494. The number of ether oxygens (including phenoxy) is 1. The van der Waals surface area contributed by atoms with E-state index in [0.29, 0.717) is 12.5 Å². The molecule has 0 atom stereocenters. The number of pyridine rings is 1. The zero-order valence-corrected chi connectivity index (χ0v) is 12.1. The van der Waals surface area contributed by atoms with Crippen LogP contribution in [0.5, 0.6) is 5.75 Å². The molecule has 0 spiro atoms. The molecule has 1 heterocycles. The third kappa shape index (κ3) is 3.57. The third-order valence-electron chi connectivity index (χ3n) is 2.72. The van der Waals surface area contributed by atoms with Gasteiger partial charge in [-0.25, -0.2) is 0 Å². The Morgan fingerprint density at radius 1 is 1.11 bits per heavy atom. The van der Waals surface area contributed by atoms with Gasteiger partial charge in [-0.2, -0.15) is 0 Å². The van der Waals surface area contributed by atoms with Crippen molar-refractivity contribution in [2.45, 2.75) is 26.4 Å². The number of rotatable bonds is 4. The van der Waals surface area contributed by atoms with Crippen LogP contribution in [0, 0.1) is 0 Å². The Kier molecular flexibility index (Phi) is 4.37.